The summed E-state index contributed by atoms with van der Waals surface area (Å²) in [6.07, 6.45) is 5.47. The van der Waals surface area contributed by atoms with Gasteiger partial charge in [-0.15, -0.1) is 0 Å². The smallest absolute Gasteiger partial charge is 0.228 e. The second-order valence-electron chi connectivity index (χ2n) is 7.98. The third kappa shape index (κ3) is 3.55. The molecule has 1 saturated heterocycles. The summed E-state index contributed by atoms with van der Waals surface area (Å²) in [4.78, 5) is 14.3. The van der Waals surface area contributed by atoms with Gasteiger partial charge in [-0.3, -0.25) is 4.79 Å². The number of aliphatic hydroxyl groups is 1. The van der Waals surface area contributed by atoms with Crippen molar-refractivity contribution < 1.29 is 14.6 Å². The number of hydrogen-bond acceptors (Lipinski definition) is 3. The topological polar surface area (TPSA) is 49.8 Å². The fourth-order valence-electron chi connectivity index (χ4n) is 4.60. The summed E-state index contributed by atoms with van der Waals surface area (Å²) in [5.74, 6) is 1.47. The molecule has 25 heavy (non-hydrogen) atoms. The number of methoxy groups -OCH3 is 1. The Balaban J connectivity index is 1.58. The van der Waals surface area contributed by atoms with Crippen molar-refractivity contribution in [1.29, 1.82) is 0 Å². The zero-order valence-electron chi connectivity index (χ0n) is 15.8. The Kier molecular flexibility index (Phi) is 5.38. The standard InChI is InChI=1S/C21H31NO3/c1-4-16(12-23)20(24)22-13-21(14-22)9-7-17(8-10-21)19-11-18(25-3)6-5-15(19)2/h5-6,11,16-17,23H,4,7-10,12-14H2,1-3H3/t16-/m1/s1. The molecular formula is C21H31NO3. The molecule has 1 saturated carbocycles. The lowest BCUT2D eigenvalue weighted by molar-refractivity contribution is -0.151. The first-order valence-corrected chi connectivity index (χ1v) is 9.56. The van der Waals surface area contributed by atoms with Gasteiger partial charge in [0.25, 0.3) is 0 Å². The second kappa shape index (κ2) is 7.36. The van der Waals surface area contributed by atoms with Crippen LogP contribution < -0.4 is 4.74 Å². The lowest BCUT2D eigenvalue weighted by Crippen LogP contribution is -2.60. The number of nitrogens with zero attached hydrogens (tertiary/aromatic N) is 1. The highest BCUT2D eigenvalue weighted by Gasteiger charge is 2.47. The molecule has 1 spiro atoms. The van der Waals surface area contributed by atoms with Crippen molar-refractivity contribution in [2.45, 2.75) is 51.9 Å². The molecule has 1 heterocycles. The van der Waals surface area contributed by atoms with E-state index in [1.807, 2.05) is 17.9 Å². The van der Waals surface area contributed by atoms with Crippen LogP contribution in [0.3, 0.4) is 0 Å². The first-order chi connectivity index (χ1) is 12.0. The Hall–Kier alpha value is -1.55. The van der Waals surface area contributed by atoms with Crippen molar-refractivity contribution in [3.8, 4) is 5.75 Å². The van der Waals surface area contributed by atoms with Crippen molar-refractivity contribution >= 4 is 5.91 Å². The maximum absolute atomic E-state index is 12.4. The van der Waals surface area contributed by atoms with Gasteiger partial charge in [-0.1, -0.05) is 13.0 Å². The van der Waals surface area contributed by atoms with Crippen LogP contribution in [-0.4, -0.2) is 42.7 Å². The highest BCUT2D eigenvalue weighted by molar-refractivity contribution is 5.80. The van der Waals surface area contributed by atoms with E-state index in [9.17, 15) is 9.90 Å². The van der Waals surface area contributed by atoms with Crippen molar-refractivity contribution in [1.82, 2.24) is 4.90 Å². The third-order valence-corrected chi connectivity index (χ3v) is 6.40. The van der Waals surface area contributed by atoms with Crippen molar-refractivity contribution in [3.63, 3.8) is 0 Å². The minimum absolute atomic E-state index is 0.0317. The van der Waals surface area contributed by atoms with Gasteiger partial charge in [-0.05, 0) is 68.2 Å². The van der Waals surface area contributed by atoms with Crippen LogP contribution >= 0.6 is 0 Å². The fraction of sp³-hybridized carbons (Fsp3) is 0.667. The number of aryl methyl sites for hydroxylation is 1. The Morgan fingerprint density at radius 2 is 2.04 bits per heavy atom. The largest absolute Gasteiger partial charge is 0.497 e. The number of likely N-dealkylation sites (tertiary alicyclic amines) is 1. The number of ether oxygens (including phenoxy) is 1. The van der Waals surface area contributed by atoms with E-state index in [1.54, 1.807) is 7.11 Å². The fourth-order valence-corrected chi connectivity index (χ4v) is 4.60. The molecule has 4 heteroatoms. The minimum Gasteiger partial charge on any atom is -0.497 e. The first-order valence-electron chi connectivity index (χ1n) is 9.56. The van der Waals surface area contributed by atoms with Gasteiger partial charge in [0.05, 0.1) is 19.6 Å². The molecule has 1 aliphatic carbocycles. The molecule has 1 aliphatic heterocycles. The summed E-state index contributed by atoms with van der Waals surface area (Å²) >= 11 is 0. The van der Waals surface area contributed by atoms with Gasteiger partial charge in [0.2, 0.25) is 5.91 Å². The van der Waals surface area contributed by atoms with Gasteiger partial charge in [-0.2, -0.15) is 0 Å². The molecule has 1 N–H and O–H groups in total. The van der Waals surface area contributed by atoms with E-state index in [4.69, 9.17) is 4.74 Å². The number of amides is 1. The van der Waals surface area contributed by atoms with Crippen LogP contribution in [0, 0.1) is 18.3 Å². The molecule has 2 aliphatic rings. The number of rotatable bonds is 5. The summed E-state index contributed by atoms with van der Waals surface area (Å²) in [6, 6.07) is 6.38. The first kappa shape index (κ1) is 18.2. The average molecular weight is 345 g/mol. The molecule has 4 nitrogen and oxygen atoms in total. The summed E-state index contributed by atoms with van der Waals surface area (Å²) in [5.41, 5.74) is 3.10. The Morgan fingerprint density at radius 1 is 1.36 bits per heavy atom. The van der Waals surface area contributed by atoms with Crippen LogP contribution in [0.25, 0.3) is 0 Å². The number of aliphatic hydroxyl groups excluding tert-OH is 1. The number of hydrogen-bond donors (Lipinski definition) is 1. The quantitative estimate of drug-likeness (QED) is 0.888. The van der Waals surface area contributed by atoms with Gasteiger partial charge in [0.15, 0.2) is 0 Å². The molecule has 1 aromatic rings. The Morgan fingerprint density at radius 3 is 2.60 bits per heavy atom. The van der Waals surface area contributed by atoms with E-state index < -0.39 is 0 Å². The number of benzene rings is 1. The van der Waals surface area contributed by atoms with Gasteiger partial charge >= 0.3 is 0 Å². The van der Waals surface area contributed by atoms with E-state index in [0.717, 1.165) is 25.3 Å². The van der Waals surface area contributed by atoms with Crippen LogP contribution in [0.15, 0.2) is 18.2 Å². The maximum Gasteiger partial charge on any atom is 0.228 e. The summed E-state index contributed by atoms with van der Waals surface area (Å²) < 4.78 is 5.39. The van der Waals surface area contributed by atoms with E-state index in [-0.39, 0.29) is 18.4 Å². The van der Waals surface area contributed by atoms with Gasteiger partial charge in [0.1, 0.15) is 5.75 Å². The van der Waals surface area contributed by atoms with Crippen LogP contribution in [0.2, 0.25) is 0 Å². The van der Waals surface area contributed by atoms with Crippen molar-refractivity contribution in [3.05, 3.63) is 29.3 Å². The van der Waals surface area contributed by atoms with E-state index in [1.165, 1.54) is 36.8 Å². The van der Waals surface area contributed by atoms with Crippen LogP contribution in [0.1, 0.15) is 56.1 Å². The average Bonchev–Trinajstić information content (AvgIpc) is 2.61. The Labute approximate surface area is 151 Å². The minimum atomic E-state index is -0.215. The molecule has 3 rings (SSSR count). The zero-order chi connectivity index (χ0) is 18.0. The van der Waals surface area contributed by atoms with Crippen LogP contribution in [-0.2, 0) is 4.79 Å². The summed E-state index contributed by atoms with van der Waals surface area (Å²) in [7, 11) is 1.72. The van der Waals surface area contributed by atoms with Crippen LogP contribution in [0.5, 0.6) is 5.75 Å². The SMILES string of the molecule is CC[C@H](CO)C(=O)N1CC2(CCC(c3cc(OC)ccc3C)CC2)C1. The predicted molar refractivity (Wildman–Crippen MR) is 98.8 cm³/mol. The highest BCUT2D eigenvalue weighted by Crippen LogP contribution is 2.49. The molecule has 138 valence electrons. The molecular weight excluding hydrogens is 314 g/mol. The molecule has 0 bridgehead atoms. The summed E-state index contributed by atoms with van der Waals surface area (Å²) in [6.45, 7) is 5.88. The molecule has 0 aromatic heterocycles. The molecule has 1 atom stereocenters. The second-order valence-corrected chi connectivity index (χ2v) is 7.98. The lowest BCUT2D eigenvalue weighted by atomic mass is 9.64. The summed E-state index contributed by atoms with van der Waals surface area (Å²) in [5, 5.41) is 9.34. The van der Waals surface area contributed by atoms with Gasteiger partial charge in [-0.25, -0.2) is 0 Å². The lowest BCUT2D eigenvalue weighted by Gasteiger charge is -2.54. The Bertz CT molecular complexity index is 608. The zero-order valence-corrected chi connectivity index (χ0v) is 15.8. The van der Waals surface area contributed by atoms with Gasteiger partial charge < -0.3 is 14.7 Å². The highest BCUT2D eigenvalue weighted by atomic mass is 16.5. The molecule has 0 unspecified atom stereocenters. The van der Waals surface area contributed by atoms with Crippen molar-refractivity contribution in [2.75, 3.05) is 26.8 Å². The third-order valence-electron chi connectivity index (χ3n) is 6.40. The van der Waals surface area contributed by atoms with E-state index in [2.05, 4.69) is 19.1 Å². The number of carbonyl (C=O) groups excluding carboxylic acids is 1. The molecule has 2 fully saturated rings. The molecule has 1 amide bonds. The molecule has 1 aromatic carbocycles. The van der Waals surface area contributed by atoms with Gasteiger partial charge in [0, 0.05) is 18.5 Å². The normalized spacial score (nSPS) is 21.0. The number of carbonyl (C=O) groups is 1. The van der Waals surface area contributed by atoms with E-state index >= 15 is 0 Å². The van der Waals surface area contributed by atoms with Crippen LogP contribution in [0.4, 0.5) is 0 Å². The van der Waals surface area contributed by atoms with Crippen molar-refractivity contribution in [2.24, 2.45) is 11.3 Å². The maximum atomic E-state index is 12.4. The van der Waals surface area contributed by atoms with E-state index in [0.29, 0.717) is 11.3 Å². The molecule has 0 radical (unpaired) electrons. The predicted octanol–water partition coefficient (Wildman–Crippen LogP) is 3.51. The monoisotopic (exact) mass is 345 g/mol.